The SMILES string of the molecule is Cc1ccc2oc(C(=O)c3ccc(C)o3)cc2c1. The highest BCUT2D eigenvalue weighted by molar-refractivity contribution is 6.07. The van der Waals surface area contributed by atoms with E-state index in [0.29, 0.717) is 22.9 Å². The summed E-state index contributed by atoms with van der Waals surface area (Å²) < 4.78 is 10.8. The molecule has 90 valence electrons. The van der Waals surface area contributed by atoms with Crippen LogP contribution in [0.4, 0.5) is 0 Å². The van der Waals surface area contributed by atoms with Crippen molar-refractivity contribution in [2.24, 2.45) is 0 Å². The van der Waals surface area contributed by atoms with Crippen molar-refractivity contribution < 1.29 is 13.6 Å². The first kappa shape index (κ1) is 10.8. The summed E-state index contributed by atoms with van der Waals surface area (Å²) in [4.78, 5) is 12.1. The number of ketones is 1. The van der Waals surface area contributed by atoms with Gasteiger partial charge >= 0.3 is 0 Å². The summed E-state index contributed by atoms with van der Waals surface area (Å²) in [5, 5.41) is 0.932. The van der Waals surface area contributed by atoms with E-state index >= 15 is 0 Å². The van der Waals surface area contributed by atoms with Gasteiger partial charge < -0.3 is 8.83 Å². The second-order valence-electron chi connectivity index (χ2n) is 4.39. The third kappa shape index (κ3) is 1.74. The standard InChI is InChI=1S/C15H12O3/c1-9-3-5-12-11(7-9)8-14(18-12)15(16)13-6-4-10(2)17-13/h3-8H,1-2H3. The molecule has 0 radical (unpaired) electrons. The van der Waals surface area contributed by atoms with Gasteiger partial charge in [-0.25, -0.2) is 0 Å². The van der Waals surface area contributed by atoms with Crippen LogP contribution in [0.15, 0.2) is 45.2 Å². The lowest BCUT2D eigenvalue weighted by Crippen LogP contribution is -1.96. The number of aryl methyl sites for hydroxylation is 2. The zero-order valence-electron chi connectivity index (χ0n) is 10.2. The summed E-state index contributed by atoms with van der Waals surface area (Å²) in [6.45, 7) is 3.81. The first-order chi connectivity index (χ1) is 8.63. The lowest BCUT2D eigenvalue weighted by molar-refractivity contribution is 0.0984. The lowest BCUT2D eigenvalue weighted by Gasteiger charge is -1.91. The van der Waals surface area contributed by atoms with E-state index < -0.39 is 0 Å². The molecule has 0 atom stereocenters. The van der Waals surface area contributed by atoms with E-state index in [9.17, 15) is 4.79 Å². The molecule has 0 saturated carbocycles. The van der Waals surface area contributed by atoms with Gasteiger partial charge in [-0.05, 0) is 44.2 Å². The van der Waals surface area contributed by atoms with E-state index in [1.807, 2.05) is 25.1 Å². The molecule has 3 rings (SSSR count). The second kappa shape index (κ2) is 3.88. The summed E-state index contributed by atoms with van der Waals surface area (Å²) in [5.41, 5.74) is 1.85. The predicted octanol–water partition coefficient (Wildman–Crippen LogP) is 3.87. The zero-order chi connectivity index (χ0) is 12.7. The molecule has 0 aliphatic rings. The lowest BCUT2D eigenvalue weighted by atomic mass is 10.1. The number of rotatable bonds is 2. The quantitative estimate of drug-likeness (QED) is 0.638. The molecule has 0 spiro atoms. The number of carbonyl (C=O) groups excluding carboxylic acids is 1. The van der Waals surface area contributed by atoms with Gasteiger partial charge in [-0.3, -0.25) is 4.79 Å². The Bertz CT molecular complexity index is 731. The molecule has 3 heteroatoms. The molecule has 0 saturated heterocycles. The van der Waals surface area contributed by atoms with Crippen molar-refractivity contribution in [3.05, 3.63) is 59.2 Å². The minimum Gasteiger partial charge on any atom is -0.458 e. The van der Waals surface area contributed by atoms with Crippen LogP contribution < -0.4 is 0 Å². The van der Waals surface area contributed by atoms with E-state index in [0.717, 1.165) is 10.9 Å². The third-order valence-corrected chi connectivity index (χ3v) is 2.86. The molecular formula is C15H12O3. The smallest absolute Gasteiger partial charge is 0.263 e. The van der Waals surface area contributed by atoms with Crippen molar-refractivity contribution in [3.63, 3.8) is 0 Å². The van der Waals surface area contributed by atoms with E-state index in [-0.39, 0.29) is 5.78 Å². The Hall–Kier alpha value is -2.29. The fraction of sp³-hybridized carbons (Fsp3) is 0.133. The van der Waals surface area contributed by atoms with Crippen LogP contribution in [0.1, 0.15) is 27.6 Å². The molecule has 0 bridgehead atoms. The monoisotopic (exact) mass is 240 g/mol. The summed E-state index contributed by atoms with van der Waals surface area (Å²) in [6, 6.07) is 11.0. The Morgan fingerprint density at radius 2 is 1.78 bits per heavy atom. The molecule has 0 amide bonds. The largest absolute Gasteiger partial charge is 0.458 e. The molecule has 2 heterocycles. The number of benzene rings is 1. The molecule has 18 heavy (non-hydrogen) atoms. The highest BCUT2D eigenvalue weighted by Gasteiger charge is 2.17. The number of hydrogen-bond donors (Lipinski definition) is 0. The molecule has 0 aliphatic heterocycles. The van der Waals surface area contributed by atoms with Crippen molar-refractivity contribution in [1.29, 1.82) is 0 Å². The highest BCUT2D eigenvalue weighted by atomic mass is 16.4. The van der Waals surface area contributed by atoms with Crippen molar-refractivity contribution in [2.45, 2.75) is 13.8 Å². The number of carbonyl (C=O) groups is 1. The second-order valence-corrected chi connectivity index (χ2v) is 4.39. The predicted molar refractivity (Wildman–Crippen MR) is 67.8 cm³/mol. The minimum absolute atomic E-state index is 0.225. The van der Waals surface area contributed by atoms with Crippen LogP contribution in [-0.4, -0.2) is 5.78 Å². The van der Waals surface area contributed by atoms with Gasteiger partial charge in [0.2, 0.25) is 0 Å². The molecule has 1 aromatic carbocycles. The van der Waals surface area contributed by atoms with E-state index in [1.54, 1.807) is 25.1 Å². The molecule has 2 aromatic heterocycles. The maximum atomic E-state index is 12.1. The van der Waals surface area contributed by atoms with Gasteiger partial charge in [-0.15, -0.1) is 0 Å². The van der Waals surface area contributed by atoms with Crippen LogP contribution in [-0.2, 0) is 0 Å². The summed E-state index contributed by atoms with van der Waals surface area (Å²) in [7, 11) is 0. The first-order valence-electron chi connectivity index (χ1n) is 5.75. The Morgan fingerprint density at radius 1 is 0.944 bits per heavy atom. The topological polar surface area (TPSA) is 43.4 Å². The van der Waals surface area contributed by atoms with Crippen LogP contribution in [0.25, 0.3) is 11.0 Å². The third-order valence-electron chi connectivity index (χ3n) is 2.86. The van der Waals surface area contributed by atoms with Crippen molar-refractivity contribution in [3.8, 4) is 0 Å². The number of fused-ring (bicyclic) bond motifs is 1. The molecule has 0 N–H and O–H groups in total. The van der Waals surface area contributed by atoms with Crippen LogP contribution in [0, 0.1) is 13.8 Å². The Kier molecular flexibility index (Phi) is 2.33. The fourth-order valence-electron chi connectivity index (χ4n) is 1.95. The van der Waals surface area contributed by atoms with Gasteiger partial charge in [0.15, 0.2) is 11.5 Å². The molecule has 3 nitrogen and oxygen atoms in total. The van der Waals surface area contributed by atoms with Gasteiger partial charge in [-0.1, -0.05) is 11.6 Å². The Labute approximate surface area is 104 Å². The Balaban J connectivity index is 2.06. The van der Waals surface area contributed by atoms with Crippen LogP contribution in [0.5, 0.6) is 0 Å². The van der Waals surface area contributed by atoms with Gasteiger partial charge in [0.05, 0.1) is 0 Å². The normalized spacial score (nSPS) is 11.0. The van der Waals surface area contributed by atoms with Gasteiger partial charge in [0, 0.05) is 5.39 Å². The van der Waals surface area contributed by atoms with Gasteiger partial charge in [0.1, 0.15) is 11.3 Å². The summed E-state index contributed by atoms with van der Waals surface area (Å²) in [5.74, 6) is 1.11. The van der Waals surface area contributed by atoms with E-state index in [4.69, 9.17) is 8.83 Å². The minimum atomic E-state index is -0.225. The molecule has 0 unspecified atom stereocenters. The molecule has 0 aliphatic carbocycles. The van der Waals surface area contributed by atoms with Crippen LogP contribution in [0.3, 0.4) is 0 Å². The number of hydrogen-bond acceptors (Lipinski definition) is 3. The maximum absolute atomic E-state index is 12.1. The van der Waals surface area contributed by atoms with Gasteiger partial charge in [0.25, 0.3) is 5.78 Å². The zero-order valence-corrected chi connectivity index (χ0v) is 10.2. The van der Waals surface area contributed by atoms with Crippen molar-refractivity contribution in [1.82, 2.24) is 0 Å². The molecule has 3 aromatic rings. The van der Waals surface area contributed by atoms with E-state index in [1.165, 1.54) is 0 Å². The summed E-state index contributed by atoms with van der Waals surface area (Å²) in [6.07, 6.45) is 0. The summed E-state index contributed by atoms with van der Waals surface area (Å²) >= 11 is 0. The average molecular weight is 240 g/mol. The van der Waals surface area contributed by atoms with Crippen molar-refractivity contribution in [2.75, 3.05) is 0 Å². The molecule has 0 fully saturated rings. The average Bonchev–Trinajstić information content (AvgIpc) is 2.93. The highest BCUT2D eigenvalue weighted by Crippen LogP contribution is 2.23. The Morgan fingerprint density at radius 3 is 2.50 bits per heavy atom. The van der Waals surface area contributed by atoms with Crippen LogP contribution >= 0.6 is 0 Å². The maximum Gasteiger partial charge on any atom is 0.263 e. The van der Waals surface area contributed by atoms with Crippen LogP contribution in [0.2, 0.25) is 0 Å². The van der Waals surface area contributed by atoms with E-state index in [2.05, 4.69) is 0 Å². The molecular weight excluding hydrogens is 228 g/mol. The number of furan rings is 2. The van der Waals surface area contributed by atoms with Gasteiger partial charge in [-0.2, -0.15) is 0 Å². The fourth-order valence-corrected chi connectivity index (χ4v) is 1.95. The van der Waals surface area contributed by atoms with Crippen molar-refractivity contribution >= 4 is 16.8 Å². The first-order valence-corrected chi connectivity index (χ1v) is 5.75.